The molecule has 0 aromatic carbocycles. The number of nitrogens with two attached hydrogens (primary N) is 1. The van der Waals surface area contributed by atoms with Crippen molar-refractivity contribution in [1.29, 1.82) is 0 Å². The number of ether oxygens (including phenoxy) is 1. The second-order valence-corrected chi connectivity index (χ2v) is 7.57. The van der Waals surface area contributed by atoms with E-state index in [0.717, 1.165) is 18.0 Å². The Morgan fingerprint density at radius 2 is 2.33 bits per heavy atom. The maximum Gasteiger partial charge on any atom is 0.273 e. The zero-order chi connectivity index (χ0) is 19.4. The van der Waals surface area contributed by atoms with E-state index in [1.165, 1.54) is 30.0 Å². The number of aromatic nitrogens is 1. The van der Waals surface area contributed by atoms with Crippen LogP contribution in [0.15, 0.2) is 47.0 Å². The van der Waals surface area contributed by atoms with Gasteiger partial charge < -0.3 is 15.8 Å². The van der Waals surface area contributed by atoms with Crippen LogP contribution >= 0.6 is 11.8 Å². The van der Waals surface area contributed by atoms with Gasteiger partial charge in [0, 0.05) is 23.8 Å². The van der Waals surface area contributed by atoms with E-state index in [-0.39, 0.29) is 23.9 Å². The smallest absolute Gasteiger partial charge is 0.273 e. The Kier molecular flexibility index (Phi) is 5.91. The number of carbonyl (C=O) groups is 1. The Hall–Kier alpha value is -2.26. The summed E-state index contributed by atoms with van der Waals surface area (Å²) in [7, 11) is 0. The number of rotatable bonds is 5. The largest absolute Gasteiger partial charge is 0.379 e. The maximum absolute atomic E-state index is 14.5. The minimum absolute atomic E-state index is 0.0722. The molecule has 0 aliphatic carbocycles. The molecule has 1 fully saturated rings. The molecule has 3 rings (SSSR count). The molecule has 1 aromatic rings. The number of aliphatic imine (C=N–C) groups is 1. The molecule has 2 aliphatic rings. The van der Waals surface area contributed by atoms with Crippen molar-refractivity contribution >= 4 is 22.8 Å². The van der Waals surface area contributed by atoms with Crippen LogP contribution in [0.5, 0.6) is 0 Å². The highest BCUT2D eigenvalue weighted by Gasteiger charge is 2.47. The quantitative estimate of drug-likeness (QED) is 0.749. The third-order valence-electron chi connectivity index (χ3n) is 4.46. The van der Waals surface area contributed by atoms with Gasteiger partial charge >= 0.3 is 0 Å². The second kappa shape index (κ2) is 8.18. The van der Waals surface area contributed by atoms with E-state index in [2.05, 4.69) is 15.3 Å². The third-order valence-corrected chi connectivity index (χ3v) is 5.41. The Labute approximate surface area is 160 Å². The van der Waals surface area contributed by atoms with Crippen LogP contribution in [0.4, 0.5) is 8.78 Å². The standard InChI is InChI=1S/C18H20F2N4O2S/c1-11(23-16(25)15-5-4-14(20)7-22-15)2-3-13(19)6-18-10-26-8-12(18)9-27-17(21)24-18/h2-5,7,12H,6,8-10H2,1H3,(H2,21,24)(H,23,25). The maximum atomic E-state index is 14.5. The zero-order valence-electron chi connectivity index (χ0n) is 14.7. The van der Waals surface area contributed by atoms with Crippen LogP contribution in [0.3, 0.4) is 0 Å². The van der Waals surface area contributed by atoms with Crippen molar-refractivity contribution in [1.82, 2.24) is 10.3 Å². The number of nitrogens with zero attached hydrogens (tertiary/aromatic N) is 2. The van der Waals surface area contributed by atoms with Gasteiger partial charge in [-0.25, -0.2) is 13.8 Å². The summed E-state index contributed by atoms with van der Waals surface area (Å²) < 4.78 is 32.8. The van der Waals surface area contributed by atoms with E-state index in [1.807, 2.05) is 0 Å². The van der Waals surface area contributed by atoms with E-state index in [9.17, 15) is 13.6 Å². The van der Waals surface area contributed by atoms with Crippen LogP contribution in [-0.4, -0.2) is 40.6 Å². The Balaban J connectivity index is 1.64. The first-order chi connectivity index (χ1) is 12.9. The number of hydrogen-bond acceptors (Lipinski definition) is 6. The summed E-state index contributed by atoms with van der Waals surface area (Å²) in [5.74, 6) is -0.507. The van der Waals surface area contributed by atoms with Gasteiger partial charge in [-0.05, 0) is 31.2 Å². The lowest BCUT2D eigenvalue weighted by Gasteiger charge is -2.32. The molecule has 1 aromatic heterocycles. The summed E-state index contributed by atoms with van der Waals surface area (Å²) in [6, 6.07) is 2.42. The van der Waals surface area contributed by atoms with Crippen LogP contribution in [-0.2, 0) is 4.74 Å². The molecule has 0 radical (unpaired) electrons. The molecule has 0 bridgehead atoms. The van der Waals surface area contributed by atoms with Crippen molar-refractivity contribution < 1.29 is 18.3 Å². The van der Waals surface area contributed by atoms with Crippen molar-refractivity contribution in [2.45, 2.75) is 18.9 Å². The van der Waals surface area contributed by atoms with Gasteiger partial charge in [-0.2, -0.15) is 0 Å². The van der Waals surface area contributed by atoms with Gasteiger partial charge in [0.25, 0.3) is 5.91 Å². The number of thioether (sulfide) groups is 1. The molecule has 9 heteroatoms. The SMILES string of the molecule is CC(=CC=C(F)CC12COCC1CSC(N)=N2)NC(=O)c1ccc(F)cn1. The molecule has 0 saturated carbocycles. The van der Waals surface area contributed by atoms with Crippen molar-refractivity contribution in [3.63, 3.8) is 0 Å². The summed E-state index contributed by atoms with van der Waals surface area (Å²) in [5, 5.41) is 3.03. The molecule has 2 atom stereocenters. The lowest BCUT2D eigenvalue weighted by molar-refractivity contribution is 0.0961. The monoisotopic (exact) mass is 394 g/mol. The summed E-state index contributed by atoms with van der Waals surface area (Å²) in [4.78, 5) is 20.2. The first-order valence-corrected chi connectivity index (χ1v) is 9.38. The molecule has 144 valence electrons. The Morgan fingerprint density at radius 1 is 1.52 bits per heavy atom. The summed E-state index contributed by atoms with van der Waals surface area (Å²) in [6.07, 6.45) is 3.81. The molecule has 27 heavy (non-hydrogen) atoms. The normalized spacial score (nSPS) is 25.7. The molecule has 2 aliphatic heterocycles. The second-order valence-electron chi connectivity index (χ2n) is 6.53. The minimum Gasteiger partial charge on any atom is -0.379 e. The Bertz CT molecular complexity index is 810. The molecule has 3 N–H and O–H groups in total. The number of amides is 1. The fraction of sp³-hybridized carbons (Fsp3) is 0.389. The van der Waals surface area contributed by atoms with Gasteiger partial charge in [0.05, 0.1) is 24.9 Å². The van der Waals surface area contributed by atoms with E-state index in [1.54, 1.807) is 6.92 Å². The van der Waals surface area contributed by atoms with Gasteiger partial charge in [-0.1, -0.05) is 11.8 Å². The van der Waals surface area contributed by atoms with Crippen molar-refractivity contribution in [3.05, 3.63) is 53.5 Å². The van der Waals surface area contributed by atoms with Crippen LogP contribution in [0.2, 0.25) is 0 Å². The molecule has 0 spiro atoms. The fourth-order valence-electron chi connectivity index (χ4n) is 3.01. The molecular formula is C18H20F2N4O2S. The summed E-state index contributed by atoms with van der Waals surface area (Å²) in [6.45, 7) is 2.51. The van der Waals surface area contributed by atoms with E-state index in [0.29, 0.717) is 24.1 Å². The number of hydrogen-bond donors (Lipinski definition) is 2. The van der Waals surface area contributed by atoms with Gasteiger partial charge in [-0.3, -0.25) is 9.79 Å². The predicted molar refractivity (Wildman–Crippen MR) is 100 cm³/mol. The van der Waals surface area contributed by atoms with Crippen LogP contribution < -0.4 is 11.1 Å². The fourth-order valence-corrected chi connectivity index (χ4v) is 4.04. The number of carbonyl (C=O) groups excluding carboxylic acids is 1. The third kappa shape index (κ3) is 4.72. The lowest BCUT2D eigenvalue weighted by Crippen LogP contribution is -2.42. The van der Waals surface area contributed by atoms with Crippen LogP contribution in [0.1, 0.15) is 23.8 Å². The van der Waals surface area contributed by atoms with Gasteiger partial charge in [0.2, 0.25) is 0 Å². The van der Waals surface area contributed by atoms with Gasteiger partial charge in [0.15, 0.2) is 5.17 Å². The van der Waals surface area contributed by atoms with E-state index >= 15 is 0 Å². The number of amidine groups is 1. The first kappa shape index (κ1) is 19.5. The lowest BCUT2D eigenvalue weighted by atomic mass is 9.85. The molecule has 1 saturated heterocycles. The highest BCUT2D eigenvalue weighted by Crippen LogP contribution is 2.41. The number of allylic oxidation sites excluding steroid dienone is 3. The first-order valence-electron chi connectivity index (χ1n) is 8.40. The molecule has 1 amide bonds. The molecular weight excluding hydrogens is 374 g/mol. The highest BCUT2D eigenvalue weighted by atomic mass is 32.2. The Morgan fingerprint density at radius 3 is 3.07 bits per heavy atom. The minimum atomic E-state index is -0.654. The zero-order valence-corrected chi connectivity index (χ0v) is 15.6. The number of nitrogens with one attached hydrogen (secondary N) is 1. The van der Waals surface area contributed by atoms with Crippen LogP contribution in [0, 0.1) is 11.7 Å². The topological polar surface area (TPSA) is 89.6 Å². The molecule has 2 unspecified atom stereocenters. The average molecular weight is 394 g/mol. The average Bonchev–Trinajstić information content (AvgIpc) is 3.02. The van der Waals surface area contributed by atoms with E-state index < -0.39 is 17.3 Å². The highest BCUT2D eigenvalue weighted by molar-refractivity contribution is 8.13. The van der Waals surface area contributed by atoms with Gasteiger partial charge in [-0.15, -0.1) is 0 Å². The summed E-state index contributed by atoms with van der Waals surface area (Å²) in [5.41, 5.74) is 5.67. The number of pyridine rings is 1. The van der Waals surface area contributed by atoms with Crippen LogP contribution in [0.25, 0.3) is 0 Å². The van der Waals surface area contributed by atoms with Crippen molar-refractivity contribution in [3.8, 4) is 0 Å². The van der Waals surface area contributed by atoms with Crippen molar-refractivity contribution in [2.24, 2.45) is 16.6 Å². The number of fused-ring (bicyclic) bond motifs is 1. The molecule has 3 heterocycles. The summed E-state index contributed by atoms with van der Waals surface area (Å²) >= 11 is 1.46. The molecule has 6 nitrogen and oxygen atoms in total. The number of halogens is 2. The van der Waals surface area contributed by atoms with E-state index in [4.69, 9.17) is 10.5 Å². The predicted octanol–water partition coefficient (Wildman–Crippen LogP) is 2.54. The van der Waals surface area contributed by atoms with Gasteiger partial charge in [0.1, 0.15) is 17.3 Å². The van der Waals surface area contributed by atoms with Crippen molar-refractivity contribution in [2.75, 3.05) is 19.0 Å².